The molecule has 0 atom stereocenters. The minimum Gasteiger partial charge on any atom is -0.481 e. The summed E-state index contributed by atoms with van der Waals surface area (Å²) in [4.78, 5) is 21.0. The first-order valence-corrected chi connectivity index (χ1v) is 6.23. The summed E-state index contributed by atoms with van der Waals surface area (Å²) in [6.45, 7) is 0.967. The molecule has 0 radical (unpaired) electrons. The highest BCUT2D eigenvalue weighted by Gasteiger charge is 2.13. The third-order valence-electron chi connectivity index (χ3n) is 1.78. The van der Waals surface area contributed by atoms with Crippen molar-refractivity contribution in [1.82, 2.24) is 0 Å². The summed E-state index contributed by atoms with van der Waals surface area (Å²) in [5, 5.41) is 8.55. The van der Waals surface area contributed by atoms with Crippen molar-refractivity contribution in [2.24, 2.45) is 0 Å². The fourth-order valence-electron chi connectivity index (χ4n) is 1.18. The predicted molar refractivity (Wildman–Crippen MR) is 62.1 cm³/mol. The van der Waals surface area contributed by atoms with Crippen molar-refractivity contribution in [2.45, 2.75) is 13.3 Å². The molecule has 1 aromatic rings. The number of hydrogen-bond donors (Lipinski definition) is 2. The molecule has 2 N–H and O–H groups in total. The molecule has 0 unspecified atom stereocenters. The van der Waals surface area contributed by atoms with E-state index in [1.54, 1.807) is 0 Å². The molecule has 18 heavy (non-hydrogen) atoms. The minimum atomic E-state index is -4.19. The van der Waals surface area contributed by atoms with Crippen molar-refractivity contribution in [2.75, 3.05) is 4.72 Å². The van der Waals surface area contributed by atoms with Gasteiger partial charge in [-0.3, -0.25) is 14.3 Å². The van der Waals surface area contributed by atoms with Crippen molar-refractivity contribution >= 4 is 27.9 Å². The minimum absolute atomic E-state index is 0.156. The molecule has 0 amide bonds. The van der Waals surface area contributed by atoms with E-state index in [9.17, 15) is 18.0 Å². The molecule has 7 nitrogen and oxygen atoms in total. The van der Waals surface area contributed by atoms with E-state index in [1.807, 2.05) is 4.72 Å². The summed E-state index contributed by atoms with van der Waals surface area (Å²) in [5.41, 5.74) is 0.698. The normalized spacial score (nSPS) is 10.7. The van der Waals surface area contributed by atoms with Crippen LogP contribution in [0, 0.1) is 0 Å². The highest BCUT2D eigenvalue weighted by molar-refractivity contribution is 7.88. The molecular formula is C10H11NO6S. The summed E-state index contributed by atoms with van der Waals surface area (Å²) >= 11 is 0. The van der Waals surface area contributed by atoms with Crippen LogP contribution >= 0.6 is 0 Å². The standard InChI is InChI=1S/C10H11NO6S/c1-7(12)17-18(15,16)11-9-4-2-8(3-5-9)6-10(13)14/h2-5,11H,6H2,1H3,(H,13,14). The fourth-order valence-corrected chi connectivity index (χ4v) is 1.96. The van der Waals surface area contributed by atoms with Gasteiger partial charge >= 0.3 is 22.2 Å². The second-order valence-electron chi connectivity index (χ2n) is 3.40. The average molecular weight is 273 g/mol. The van der Waals surface area contributed by atoms with Crippen molar-refractivity contribution in [3.05, 3.63) is 29.8 Å². The molecule has 0 spiro atoms. The van der Waals surface area contributed by atoms with Crippen LogP contribution in [-0.2, 0) is 30.5 Å². The van der Waals surface area contributed by atoms with Crippen molar-refractivity contribution in [3.8, 4) is 0 Å². The van der Waals surface area contributed by atoms with Crippen LogP contribution in [0.15, 0.2) is 24.3 Å². The second-order valence-corrected chi connectivity index (χ2v) is 4.68. The van der Waals surface area contributed by atoms with Gasteiger partial charge in [0, 0.05) is 6.92 Å². The van der Waals surface area contributed by atoms with Gasteiger partial charge in [0.25, 0.3) is 0 Å². The van der Waals surface area contributed by atoms with Crippen LogP contribution < -0.4 is 4.72 Å². The lowest BCUT2D eigenvalue weighted by molar-refractivity contribution is -0.136. The highest BCUT2D eigenvalue weighted by Crippen LogP contribution is 2.12. The monoisotopic (exact) mass is 273 g/mol. The molecule has 0 bridgehead atoms. The number of carboxylic acids is 1. The first-order chi connectivity index (χ1) is 8.28. The number of carbonyl (C=O) groups is 2. The molecule has 0 aliphatic heterocycles. The van der Waals surface area contributed by atoms with E-state index < -0.39 is 22.2 Å². The van der Waals surface area contributed by atoms with Crippen LogP contribution in [0.25, 0.3) is 0 Å². The molecular weight excluding hydrogens is 262 g/mol. The molecule has 0 aromatic heterocycles. The molecule has 1 rings (SSSR count). The molecule has 0 heterocycles. The molecule has 0 aliphatic carbocycles. The summed E-state index contributed by atoms with van der Waals surface area (Å²) in [6.07, 6.45) is -0.156. The van der Waals surface area contributed by atoms with Gasteiger partial charge in [-0.2, -0.15) is 8.42 Å². The number of carboxylic acid groups (broad SMARTS) is 1. The topological polar surface area (TPSA) is 110 Å². The zero-order valence-electron chi connectivity index (χ0n) is 9.41. The van der Waals surface area contributed by atoms with Crippen LogP contribution in [0.1, 0.15) is 12.5 Å². The second kappa shape index (κ2) is 5.50. The molecule has 0 aliphatic rings. The third-order valence-corrected chi connectivity index (χ3v) is 2.72. The van der Waals surface area contributed by atoms with Crippen molar-refractivity contribution in [1.29, 1.82) is 0 Å². The Kier molecular flexibility index (Phi) is 4.27. The fraction of sp³-hybridized carbons (Fsp3) is 0.200. The van der Waals surface area contributed by atoms with Gasteiger partial charge in [0.05, 0.1) is 12.1 Å². The summed E-state index contributed by atoms with van der Waals surface area (Å²) in [5.74, 6) is -1.94. The average Bonchev–Trinajstić information content (AvgIpc) is 2.17. The van der Waals surface area contributed by atoms with E-state index in [0.29, 0.717) is 5.56 Å². The smallest absolute Gasteiger partial charge is 0.409 e. The Balaban J connectivity index is 2.75. The molecule has 1 aromatic carbocycles. The quantitative estimate of drug-likeness (QED) is 0.810. The van der Waals surface area contributed by atoms with Gasteiger partial charge in [0.2, 0.25) is 0 Å². The maximum atomic E-state index is 11.2. The molecule has 0 fully saturated rings. The van der Waals surface area contributed by atoms with E-state index in [4.69, 9.17) is 5.11 Å². The van der Waals surface area contributed by atoms with Crippen LogP contribution in [0.5, 0.6) is 0 Å². The van der Waals surface area contributed by atoms with E-state index >= 15 is 0 Å². The number of carbonyl (C=O) groups excluding carboxylic acids is 1. The van der Waals surface area contributed by atoms with Crippen LogP contribution in [-0.4, -0.2) is 25.5 Å². The van der Waals surface area contributed by atoms with Crippen LogP contribution in [0.2, 0.25) is 0 Å². The van der Waals surface area contributed by atoms with Crippen molar-refractivity contribution in [3.63, 3.8) is 0 Å². The Morgan fingerprint density at radius 3 is 2.28 bits per heavy atom. The van der Waals surface area contributed by atoms with Crippen LogP contribution in [0.3, 0.4) is 0 Å². The van der Waals surface area contributed by atoms with E-state index in [2.05, 4.69) is 4.18 Å². The molecule has 8 heteroatoms. The maximum absolute atomic E-state index is 11.2. The Labute approximate surface area is 104 Å². The number of hydrogen-bond acceptors (Lipinski definition) is 5. The Morgan fingerprint density at radius 1 is 1.28 bits per heavy atom. The Bertz CT molecular complexity index is 548. The summed E-state index contributed by atoms with van der Waals surface area (Å²) in [6, 6.07) is 5.66. The van der Waals surface area contributed by atoms with Gasteiger partial charge in [0.15, 0.2) is 0 Å². The third kappa shape index (κ3) is 4.83. The lowest BCUT2D eigenvalue weighted by atomic mass is 10.1. The maximum Gasteiger partial charge on any atom is 0.409 e. The Hall–Kier alpha value is -2.09. The lowest BCUT2D eigenvalue weighted by Crippen LogP contribution is -2.18. The van der Waals surface area contributed by atoms with Gasteiger partial charge in [-0.1, -0.05) is 12.1 Å². The van der Waals surface area contributed by atoms with Crippen molar-refractivity contribution < 1.29 is 27.3 Å². The summed E-state index contributed by atoms with van der Waals surface area (Å²) < 4.78 is 28.5. The SMILES string of the molecule is CC(=O)OS(=O)(=O)Nc1ccc(CC(=O)O)cc1. The van der Waals surface area contributed by atoms with Gasteiger partial charge in [0.1, 0.15) is 0 Å². The lowest BCUT2D eigenvalue weighted by Gasteiger charge is -2.06. The van der Waals surface area contributed by atoms with Gasteiger partial charge in [-0.05, 0) is 17.7 Å². The first kappa shape index (κ1) is 14.0. The van der Waals surface area contributed by atoms with E-state index in [-0.39, 0.29) is 12.1 Å². The number of anilines is 1. The number of nitrogens with one attached hydrogen (secondary N) is 1. The number of rotatable bonds is 5. The predicted octanol–water partition coefficient (Wildman–Crippen LogP) is 0.533. The van der Waals surface area contributed by atoms with Gasteiger partial charge in [-0.15, -0.1) is 0 Å². The van der Waals surface area contributed by atoms with Gasteiger partial charge in [-0.25, -0.2) is 0 Å². The molecule has 0 saturated heterocycles. The van der Waals surface area contributed by atoms with E-state index in [0.717, 1.165) is 6.92 Å². The largest absolute Gasteiger partial charge is 0.481 e. The first-order valence-electron chi connectivity index (χ1n) is 4.82. The summed E-state index contributed by atoms with van der Waals surface area (Å²) in [7, 11) is -4.19. The number of aliphatic carboxylic acids is 1. The van der Waals surface area contributed by atoms with Crippen LogP contribution in [0.4, 0.5) is 5.69 Å². The highest BCUT2D eigenvalue weighted by atomic mass is 32.2. The zero-order chi connectivity index (χ0) is 13.8. The Morgan fingerprint density at radius 2 is 1.83 bits per heavy atom. The van der Waals surface area contributed by atoms with Gasteiger partial charge < -0.3 is 9.29 Å². The molecule has 98 valence electrons. The zero-order valence-corrected chi connectivity index (χ0v) is 10.2. The molecule has 0 saturated carbocycles. The number of benzene rings is 1. The van der Waals surface area contributed by atoms with E-state index in [1.165, 1.54) is 24.3 Å².